The summed E-state index contributed by atoms with van der Waals surface area (Å²) in [5, 5.41) is 3.35. The van der Waals surface area contributed by atoms with Crippen molar-refractivity contribution < 1.29 is 22.8 Å². The van der Waals surface area contributed by atoms with Gasteiger partial charge in [-0.05, 0) is 42.3 Å². The normalized spacial score (nSPS) is 14.6. The summed E-state index contributed by atoms with van der Waals surface area (Å²) in [7, 11) is -4.23. The lowest BCUT2D eigenvalue weighted by molar-refractivity contribution is -0.141. The fraction of sp³-hybridized carbons (Fsp3) is 0.222. The third-order valence-electron chi connectivity index (χ3n) is 6.15. The second-order valence-electron chi connectivity index (χ2n) is 8.68. The second-order valence-corrected chi connectivity index (χ2v) is 11.3. The maximum absolute atomic E-state index is 13.8. The van der Waals surface area contributed by atoms with Gasteiger partial charge in [-0.2, -0.15) is 0 Å². The van der Waals surface area contributed by atoms with Crippen LogP contribution in [0.3, 0.4) is 0 Å². The van der Waals surface area contributed by atoms with Crippen LogP contribution < -0.4 is 5.32 Å². The molecule has 11 heteroatoms. The zero-order valence-electron chi connectivity index (χ0n) is 20.4. The minimum absolute atomic E-state index is 0.000828. The first-order valence-corrected chi connectivity index (χ1v) is 14.0. The van der Waals surface area contributed by atoms with Crippen LogP contribution in [0.15, 0.2) is 77.7 Å². The first-order chi connectivity index (χ1) is 18.1. The van der Waals surface area contributed by atoms with Gasteiger partial charge in [-0.25, -0.2) is 12.7 Å². The quantitative estimate of drug-likeness (QED) is 0.418. The molecule has 0 spiro atoms. The number of nitrogens with one attached hydrogen (secondary N) is 1. The highest BCUT2D eigenvalue weighted by Crippen LogP contribution is 2.30. The maximum atomic E-state index is 13.8. The van der Waals surface area contributed by atoms with E-state index >= 15 is 0 Å². The van der Waals surface area contributed by atoms with Crippen LogP contribution in [0.2, 0.25) is 10.0 Å². The van der Waals surface area contributed by atoms with Crippen LogP contribution in [0.4, 0.5) is 0 Å². The molecule has 3 aromatic rings. The summed E-state index contributed by atoms with van der Waals surface area (Å²) in [5.41, 5.74) is 1.38. The molecule has 1 N–H and O–H groups in total. The smallest absolute Gasteiger partial charge is 0.269 e. The molecule has 0 radical (unpaired) electrons. The molecule has 1 aliphatic rings. The van der Waals surface area contributed by atoms with E-state index in [2.05, 4.69) is 5.32 Å². The van der Waals surface area contributed by atoms with Crippen LogP contribution in [0.1, 0.15) is 28.4 Å². The van der Waals surface area contributed by atoms with Crippen molar-refractivity contribution >= 4 is 50.9 Å². The van der Waals surface area contributed by atoms with Gasteiger partial charge in [0.1, 0.15) is 17.5 Å². The van der Waals surface area contributed by atoms with Gasteiger partial charge in [0.05, 0.1) is 15.6 Å². The van der Waals surface area contributed by atoms with Crippen LogP contribution in [-0.2, 0) is 32.6 Å². The van der Waals surface area contributed by atoms with E-state index in [1.165, 1.54) is 23.1 Å². The lowest BCUT2D eigenvalue weighted by Crippen LogP contribution is -2.53. The minimum Gasteiger partial charge on any atom is -0.355 e. The Kier molecular flexibility index (Phi) is 8.40. The Morgan fingerprint density at radius 2 is 1.63 bits per heavy atom. The molecule has 3 aromatic carbocycles. The molecule has 0 bridgehead atoms. The van der Waals surface area contributed by atoms with Crippen molar-refractivity contribution in [3.05, 3.63) is 99.5 Å². The second kappa shape index (κ2) is 11.6. The minimum atomic E-state index is -4.23. The molecule has 0 aliphatic carbocycles. The van der Waals surface area contributed by atoms with Crippen LogP contribution >= 0.6 is 23.2 Å². The molecule has 0 fully saturated rings. The van der Waals surface area contributed by atoms with Gasteiger partial charge >= 0.3 is 0 Å². The Labute approximate surface area is 231 Å². The highest BCUT2D eigenvalue weighted by molar-refractivity contribution is 7.90. The van der Waals surface area contributed by atoms with E-state index in [9.17, 15) is 22.8 Å². The Balaban J connectivity index is 1.72. The van der Waals surface area contributed by atoms with Crippen LogP contribution in [0.5, 0.6) is 0 Å². The van der Waals surface area contributed by atoms with E-state index in [1.54, 1.807) is 31.2 Å². The standard InChI is InChI=1S/C27H25Cl2N3O5S/c1-2-30-26(34)23(15-18-8-4-3-5-9-18)31(16-19-12-13-21(28)22(29)14-19)25(33)17-32-27(35)20-10-6-7-11-24(20)38(32,36)37/h3-14,23H,2,15-17H2,1H3,(H,30,34)/t23-/m0/s1. The summed E-state index contributed by atoms with van der Waals surface area (Å²) in [6.45, 7) is 1.25. The van der Waals surface area contributed by atoms with Crippen molar-refractivity contribution in [3.63, 3.8) is 0 Å². The Bertz CT molecular complexity index is 1480. The van der Waals surface area contributed by atoms with Gasteiger partial charge in [0.25, 0.3) is 15.9 Å². The van der Waals surface area contributed by atoms with E-state index in [4.69, 9.17) is 23.2 Å². The highest BCUT2D eigenvalue weighted by Gasteiger charge is 2.43. The summed E-state index contributed by atoms with van der Waals surface area (Å²) in [4.78, 5) is 41.2. The molecule has 8 nitrogen and oxygen atoms in total. The van der Waals surface area contributed by atoms with Crippen LogP contribution in [0.25, 0.3) is 0 Å². The molecule has 0 saturated carbocycles. The number of likely N-dealkylation sites (N-methyl/N-ethyl adjacent to an activating group) is 1. The summed E-state index contributed by atoms with van der Waals surface area (Å²) in [6, 6.07) is 18.8. The van der Waals surface area contributed by atoms with Crippen molar-refractivity contribution in [2.75, 3.05) is 13.1 Å². The monoisotopic (exact) mass is 573 g/mol. The van der Waals surface area contributed by atoms with E-state index in [-0.39, 0.29) is 28.4 Å². The van der Waals surface area contributed by atoms with E-state index in [0.29, 0.717) is 21.4 Å². The third kappa shape index (κ3) is 5.70. The Morgan fingerprint density at radius 3 is 2.29 bits per heavy atom. The number of halogens is 2. The van der Waals surface area contributed by atoms with Crippen molar-refractivity contribution in [1.29, 1.82) is 0 Å². The highest BCUT2D eigenvalue weighted by atomic mass is 35.5. The van der Waals surface area contributed by atoms with Gasteiger partial charge in [-0.15, -0.1) is 0 Å². The number of sulfonamides is 1. The fourth-order valence-corrected chi connectivity index (χ4v) is 6.12. The largest absolute Gasteiger partial charge is 0.355 e. The van der Waals surface area contributed by atoms with Gasteiger partial charge in [-0.3, -0.25) is 14.4 Å². The van der Waals surface area contributed by atoms with E-state index in [1.807, 2.05) is 30.3 Å². The molecule has 3 amide bonds. The van der Waals surface area contributed by atoms with E-state index < -0.39 is 40.3 Å². The lowest BCUT2D eigenvalue weighted by Gasteiger charge is -2.32. The van der Waals surface area contributed by atoms with Gasteiger partial charge in [-0.1, -0.05) is 71.7 Å². The molecule has 4 rings (SSSR count). The predicted molar refractivity (Wildman–Crippen MR) is 144 cm³/mol. The zero-order chi connectivity index (χ0) is 27.4. The summed E-state index contributed by atoms with van der Waals surface area (Å²) >= 11 is 12.3. The molecule has 38 heavy (non-hydrogen) atoms. The van der Waals surface area contributed by atoms with Gasteiger partial charge in [0.2, 0.25) is 11.8 Å². The van der Waals surface area contributed by atoms with Gasteiger partial charge in [0, 0.05) is 19.5 Å². The molecule has 1 heterocycles. The summed E-state index contributed by atoms with van der Waals surface area (Å²) in [6.07, 6.45) is 0.167. The third-order valence-corrected chi connectivity index (χ3v) is 8.68. The predicted octanol–water partition coefficient (Wildman–Crippen LogP) is 3.91. The number of hydrogen-bond acceptors (Lipinski definition) is 5. The summed E-state index contributed by atoms with van der Waals surface area (Å²) in [5.74, 6) is -1.92. The molecule has 0 aromatic heterocycles. The van der Waals surface area contributed by atoms with Crippen molar-refractivity contribution in [3.8, 4) is 0 Å². The molecule has 1 aliphatic heterocycles. The molecule has 0 unspecified atom stereocenters. The molecule has 1 atom stereocenters. The van der Waals surface area contributed by atoms with Crippen molar-refractivity contribution in [2.45, 2.75) is 30.8 Å². The van der Waals surface area contributed by atoms with Gasteiger partial charge < -0.3 is 10.2 Å². The lowest BCUT2D eigenvalue weighted by atomic mass is 10.0. The number of fused-ring (bicyclic) bond motifs is 1. The number of rotatable bonds is 9. The number of amides is 3. The number of carbonyl (C=O) groups is 3. The van der Waals surface area contributed by atoms with Crippen molar-refractivity contribution in [2.24, 2.45) is 0 Å². The van der Waals surface area contributed by atoms with Crippen LogP contribution in [-0.4, -0.2) is 54.5 Å². The molecule has 0 saturated heterocycles. The van der Waals surface area contributed by atoms with Gasteiger partial charge in [0.15, 0.2) is 0 Å². The van der Waals surface area contributed by atoms with Crippen LogP contribution in [0, 0.1) is 0 Å². The SMILES string of the molecule is CCNC(=O)[C@H](Cc1ccccc1)N(Cc1ccc(Cl)c(Cl)c1)C(=O)CN1C(=O)c2ccccc2S1(=O)=O. The number of nitrogens with zero attached hydrogens (tertiary/aromatic N) is 2. The first kappa shape index (κ1) is 27.6. The Morgan fingerprint density at radius 1 is 0.947 bits per heavy atom. The first-order valence-electron chi connectivity index (χ1n) is 11.8. The topological polar surface area (TPSA) is 104 Å². The zero-order valence-corrected chi connectivity index (χ0v) is 22.8. The number of carbonyl (C=O) groups excluding carboxylic acids is 3. The molecular formula is C27H25Cl2N3O5S. The number of benzene rings is 3. The Hall–Kier alpha value is -3.40. The average molecular weight is 574 g/mol. The van der Waals surface area contributed by atoms with Crippen molar-refractivity contribution in [1.82, 2.24) is 14.5 Å². The number of hydrogen-bond donors (Lipinski definition) is 1. The summed E-state index contributed by atoms with van der Waals surface area (Å²) < 4.78 is 26.8. The maximum Gasteiger partial charge on any atom is 0.269 e. The van der Waals surface area contributed by atoms with E-state index in [0.717, 1.165) is 5.56 Å². The average Bonchev–Trinajstić information content (AvgIpc) is 3.09. The molecule has 198 valence electrons. The fourth-order valence-electron chi connectivity index (χ4n) is 4.28. The molecular weight excluding hydrogens is 549 g/mol.